The van der Waals surface area contributed by atoms with Crippen molar-refractivity contribution in [2.45, 2.75) is 0 Å². The Hall–Kier alpha value is -5.28. The highest BCUT2D eigenvalue weighted by atomic mass is 16.5. The second-order valence-electron chi connectivity index (χ2n) is 9.01. The molecule has 6 aromatic carbocycles. The molecule has 0 aliphatic rings. The average molecular weight is 507 g/mol. The zero-order valence-electron chi connectivity index (χ0n) is 21.2. The van der Waals surface area contributed by atoms with Crippen LogP contribution >= 0.6 is 0 Å². The Kier molecular flexibility index (Phi) is 7.04. The zero-order valence-corrected chi connectivity index (χ0v) is 21.2. The number of para-hydroxylation sites is 1. The van der Waals surface area contributed by atoms with Gasteiger partial charge in [0, 0.05) is 17.7 Å². The molecule has 0 unspecified atom stereocenters. The smallest absolute Gasteiger partial charge is 0.135 e. The molecule has 0 heterocycles. The van der Waals surface area contributed by atoms with Gasteiger partial charge in [0.05, 0.1) is 0 Å². The van der Waals surface area contributed by atoms with Crippen molar-refractivity contribution in [3.05, 3.63) is 158 Å². The molecular formula is C36H26O3. The van der Waals surface area contributed by atoms with Crippen molar-refractivity contribution < 1.29 is 14.2 Å². The average Bonchev–Trinajstić information content (AvgIpc) is 2.99. The van der Waals surface area contributed by atoms with Crippen molar-refractivity contribution >= 4 is 0 Å². The lowest BCUT2D eigenvalue weighted by atomic mass is 9.98. The van der Waals surface area contributed by atoms with E-state index in [4.69, 9.17) is 14.2 Å². The van der Waals surface area contributed by atoms with Gasteiger partial charge in [-0.1, -0.05) is 97.1 Å². The molecule has 0 aliphatic heterocycles. The van der Waals surface area contributed by atoms with E-state index in [0.29, 0.717) is 23.0 Å². The molecule has 0 atom stereocenters. The SMILES string of the molecule is c1ccc(Oc2cccc(Oc3cccc(Oc4ccc(-c5ccccc5)cc4-c4ccccc4)c3)c2)cc1. The fourth-order valence-corrected chi connectivity index (χ4v) is 4.36. The summed E-state index contributed by atoms with van der Waals surface area (Å²) in [5.74, 6) is 4.30. The Balaban J connectivity index is 1.25. The summed E-state index contributed by atoms with van der Waals surface area (Å²) < 4.78 is 18.5. The maximum atomic E-state index is 6.43. The van der Waals surface area contributed by atoms with Gasteiger partial charge in [-0.3, -0.25) is 0 Å². The molecule has 0 saturated heterocycles. The van der Waals surface area contributed by atoms with Gasteiger partial charge in [-0.2, -0.15) is 0 Å². The van der Waals surface area contributed by atoms with E-state index in [1.807, 2.05) is 109 Å². The van der Waals surface area contributed by atoms with Crippen molar-refractivity contribution in [3.8, 4) is 56.8 Å². The molecule has 6 aromatic rings. The van der Waals surface area contributed by atoms with Gasteiger partial charge in [0.15, 0.2) is 0 Å². The van der Waals surface area contributed by atoms with Crippen LogP contribution in [0.3, 0.4) is 0 Å². The molecule has 0 spiro atoms. The molecule has 3 nitrogen and oxygen atoms in total. The van der Waals surface area contributed by atoms with Gasteiger partial charge in [-0.15, -0.1) is 0 Å². The summed E-state index contributed by atoms with van der Waals surface area (Å²) in [5, 5.41) is 0. The molecule has 0 aromatic heterocycles. The number of ether oxygens (including phenoxy) is 3. The van der Waals surface area contributed by atoms with Crippen LogP contribution in [0.5, 0.6) is 34.5 Å². The number of hydrogen-bond acceptors (Lipinski definition) is 3. The summed E-state index contributed by atoms with van der Waals surface area (Å²) in [6.45, 7) is 0. The lowest BCUT2D eigenvalue weighted by Crippen LogP contribution is -1.91. The van der Waals surface area contributed by atoms with Crippen molar-refractivity contribution in [1.82, 2.24) is 0 Å². The zero-order chi connectivity index (χ0) is 26.3. The molecule has 0 saturated carbocycles. The lowest BCUT2D eigenvalue weighted by Gasteiger charge is -2.15. The quantitative estimate of drug-likeness (QED) is 0.205. The molecule has 0 fully saturated rings. The third-order valence-electron chi connectivity index (χ3n) is 6.22. The molecule has 0 N–H and O–H groups in total. The van der Waals surface area contributed by atoms with Crippen LogP contribution < -0.4 is 14.2 Å². The normalized spacial score (nSPS) is 10.6. The molecule has 39 heavy (non-hydrogen) atoms. The van der Waals surface area contributed by atoms with E-state index in [2.05, 4.69) is 48.5 Å². The maximum Gasteiger partial charge on any atom is 0.135 e. The summed E-state index contributed by atoms with van der Waals surface area (Å²) in [6, 6.07) is 51.9. The Bertz CT molecular complexity index is 1660. The van der Waals surface area contributed by atoms with Crippen LogP contribution in [0.25, 0.3) is 22.3 Å². The van der Waals surface area contributed by atoms with E-state index in [1.165, 1.54) is 0 Å². The molecule has 0 bridgehead atoms. The predicted octanol–water partition coefficient (Wildman–Crippen LogP) is 10.4. The van der Waals surface area contributed by atoms with Gasteiger partial charge in [-0.25, -0.2) is 0 Å². The van der Waals surface area contributed by atoms with Gasteiger partial charge in [0.2, 0.25) is 0 Å². The van der Waals surface area contributed by atoms with Gasteiger partial charge < -0.3 is 14.2 Å². The van der Waals surface area contributed by atoms with Crippen LogP contribution in [-0.2, 0) is 0 Å². The van der Waals surface area contributed by atoms with Crippen LogP contribution in [0, 0.1) is 0 Å². The third kappa shape index (κ3) is 6.00. The second-order valence-corrected chi connectivity index (χ2v) is 9.01. The number of rotatable bonds is 8. The molecule has 0 radical (unpaired) electrons. The number of benzene rings is 6. The van der Waals surface area contributed by atoms with Gasteiger partial charge in [0.25, 0.3) is 0 Å². The van der Waals surface area contributed by atoms with Crippen molar-refractivity contribution in [2.75, 3.05) is 0 Å². The molecule has 6 rings (SSSR count). The highest BCUT2D eigenvalue weighted by Gasteiger charge is 2.11. The molecule has 188 valence electrons. The summed E-state index contributed by atoms with van der Waals surface area (Å²) in [4.78, 5) is 0. The van der Waals surface area contributed by atoms with Crippen LogP contribution in [0.15, 0.2) is 158 Å². The highest BCUT2D eigenvalue weighted by Crippen LogP contribution is 2.38. The Morgan fingerprint density at radius 2 is 0.744 bits per heavy atom. The lowest BCUT2D eigenvalue weighted by molar-refractivity contribution is 0.452. The Morgan fingerprint density at radius 3 is 1.33 bits per heavy atom. The van der Waals surface area contributed by atoms with Crippen LogP contribution in [0.2, 0.25) is 0 Å². The van der Waals surface area contributed by atoms with Crippen molar-refractivity contribution in [2.24, 2.45) is 0 Å². The largest absolute Gasteiger partial charge is 0.457 e. The summed E-state index contributed by atoms with van der Waals surface area (Å²) in [6.07, 6.45) is 0. The molecule has 3 heteroatoms. The van der Waals surface area contributed by atoms with Crippen molar-refractivity contribution in [1.29, 1.82) is 0 Å². The minimum absolute atomic E-state index is 0.673. The summed E-state index contributed by atoms with van der Waals surface area (Å²) >= 11 is 0. The topological polar surface area (TPSA) is 27.7 Å². The minimum Gasteiger partial charge on any atom is -0.457 e. The van der Waals surface area contributed by atoms with E-state index in [-0.39, 0.29) is 0 Å². The van der Waals surface area contributed by atoms with E-state index in [0.717, 1.165) is 33.8 Å². The van der Waals surface area contributed by atoms with E-state index < -0.39 is 0 Å². The van der Waals surface area contributed by atoms with Crippen molar-refractivity contribution in [3.63, 3.8) is 0 Å². The predicted molar refractivity (Wildman–Crippen MR) is 157 cm³/mol. The first kappa shape index (κ1) is 24.1. The maximum absolute atomic E-state index is 6.43. The summed E-state index contributed by atoms with van der Waals surface area (Å²) in [7, 11) is 0. The first-order valence-corrected chi connectivity index (χ1v) is 12.8. The molecular weight excluding hydrogens is 480 g/mol. The minimum atomic E-state index is 0.673. The van der Waals surface area contributed by atoms with Crippen LogP contribution in [0.1, 0.15) is 0 Å². The molecule has 0 aliphatic carbocycles. The standard InChI is InChI=1S/C36H26O3/c1-4-12-27(13-5-1)29-22-23-36(35(24-29)28-14-6-2-7-15-28)39-34-21-11-20-33(26-34)38-32-19-10-18-31(25-32)37-30-16-8-3-9-17-30/h1-26H. The highest BCUT2D eigenvalue weighted by molar-refractivity contribution is 5.78. The summed E-state index contributed by atoms with van der Waals surface area (Å²) in [5.41, 5.74) is 4.41. The first-order chi connectivity index (χ1) is 19.3. The van der Waals surface area contributed by atoms with E-state index >= 15 is 0 Å². The Morgan fingerprint density at radius 1 is 0.282 bits per heavy atom. The van der Waals surface area contributed by atoms with Gasteiger partial charge >= 0.3 is 0 Å². The van der Waals surface area contributed by atoms with Crippen LogP contribution in [0.4, 0.5) is 0 Å². The van der Waals surface area contributed by atoms with E-state index in [9.17, 15) is 0 Å². The van der Waals surface area contributed by atoms with Gasteiger partial charge in [0.1, 0.15) is 34.5 Å². The van der Waals surface area contributed by atoms with Crippen LogP contribution in [-0.4, -0.2) is 0 Å². The second kappa shape index (κ2) is 11.4. The first-order valence-electron chi connectivity index (χ1n) is 12.8. The fourth-order valence-electron chi connectivity index (χ4n) is 4.36. The number of hydrogen-bond donors (Lipinski definition) is 0. The van der Waals surface area contributed by atoms with Gasteiger partial charge in [-0.05, 0) is 65.2 Å². The molecule has 0 amide bonds. The Labute approximate surface area is 228 Å². The van der Waals surface area contributed by atoms with E-state index in [1.54, 1.807) is 0 Å². The monoisotopic (exact) mass is 506 g/mol. The third-order valence-corrected chi connectivity index (χ3v) is 6.22. The fraction of sp³-hybridized carbons (Fsp3) is 0.